The zero-order valence-corrected chi connectivity index (χ0v) is 30.1. The van der Waals surface area contributed by atoms with Crippen LogP contribution in [0.3, 0.4) is 0 Å². The molecule has 5 unspecified atom stereocenters. The summed E-state index contributed by atoms with van der Waals surface area (Å²) < 4.78 is 11.8. The molecule has 0 spiro atoms. The minimum Gasteiger partial charge on any atom is -0.481 e. The second kappa shape index (κ2) is 13.8. The van der Waals surface area contributed by atoms with Crippen molar-refractivity contribution in [1.29, 1.82) is 0 Å². The Hall–Kier alpha value is -1.63. The molecule has 7 nitrogen and oxygen atoms in total. The molecule has 258 valence electrons. The highest BCUT2D eigenvalue weighted by atomic mass is 16.5. The number of likely N-dealkylation sites (N-methyl/N-ethyl adjacent to an activating group) is 1. The molecule has 0 aliphatic heterocycles. The Morgan fingerprint density at radius 2 is 1.58 bits per heavy atom. The van der Waals surface area contributed by atoms with E-state index in [0.29, 0.717) is 55.3 Å². The van der Waals surface area contributed by atoms with Gasteiger partial charge in [-0.1, -0.05) is 54.9 Å². The Labute approximate surface area is 273 Å². The lowest BCUT2D eigenvalue weighted by atomic mass is 9.36. The van der Waals surface area contributed by atoms with Gasteiger partial charge in [-0.25, -0.2) is 0 Å². The first-order valence-electron chi connectivity index (χ1n) is 18.3. The van der Waals surface area contributed by atoms with Crippen LogP contribution in [0.15, 0.2) is 0 Å². The SMILES string of the molecule is CCCC1[C@H]2CCC3C(C)(CCC4C(C)(C)[C@@H](OC(=O)CC(C)(C)CC(=O)O)CC[C@]34C)C2CC[C@@H]1C(=O)N(C)CCOCC. The molecule has 0 bridgehead atoms. The van der Waals surface area contributed by atoms with E-state index in [9.17, 15) is 19.5 Å². The number of hydrogen-bond acceptors (Lipinski definition) is 5. The van der Waals surface area contributed by atoms with Crippen LogP contribution in [0, 0.1) is 57.2 Å². The molecule has 0 heterocycles. The summed E-state index contributed by atoms with van der Waals surface area (Å²) in [4.78, 5) is 40.1. The van der Waals surface area contributed by atoms with Crippen molar-refractivity contribution in [3.05, 3.63) is 0 Å². The van der Waals surface area contributed by atoms with E-state index in [2.05, 4.69) is 34.6 Å². The van der Waals surface area contributed by atoms with Crippen LogP contribution < -0.4 is 0 Å². The zero-order chi connectivity index (χ0) is 33.4. The number of amides is 1. The van der Waals surface area contributed by atoms with Gasteiger partial charge in [-0.15, -0.1) is 0 Å². The number of carboxylic acid groups (broad SMARTS) is 1. The summed E-state index contributed by atoms with van der Waals surface area (Å²) >= 11 is 0. The van der Waals surface area contributed by atoms with Gasteiger partial charge in [0.1, 0.15) is 6.10 Å². The summed E-state index contributed by atoms with van der Waals surface area (Å²) in [5, 5.41) is 9.28. The molecular weight excluding hydrogens is 566 g/mol. The highest BCUT2D eigenvalue weighted by Gasteiger charge is 2.65. The van der Waals surface area contributed by atoms with E-state index < -0.39 is 11.4 Å². The summed E-state index contributed by atoms with van der Waals surface area (Å²) in [5.41, 5.74) is -0.298. The highest BCUT2D eigenvalue weighted by molar-refractivity contribution is 5.79. The normalized spacial score (nSPS) is 37.5. The van der Waals surface area contributed by atoms with Gasteiger partial charge in [0.15, 0.2) is 0 Å². The molecule has 4 aliphatic rings. The van der Waals surface area contributed by atoms with E-state index in [1.807, 2.05) is 32.7 Å². The van der Waals surface area contributed by atoms with Crippen LogP contribution >= 0.6 is 0 Å². The molecule has 0 aromatic heterocycles. The van der Waals surface area contributed by atoms with Crippen LogP contribution in [-0.4, -0.2) is 60.8 Å². The molecule has 9 atom stereocenters. The molecule has 1 N–H and O–H groups in total. The van der Waals surface area contributed by atoms with Crippen molar-refractivity contribution in [2.24, 2.45) is 57.2 Å². The molecular formula is C38H65NO6. The number of fused-ring (bicyclic) bond motifs is 5. The van der Waals surface area contributed by atoms with Gasteiger partial charge >= 0.3 is 11.9 Å². The van der Waals surface area contributed by atoms with Gasteiger partial charge < -0.3 is 19.5 Å². The Morgan fingerprint density at radius 1 is 0.889 bits per heavy atom. The predicted octanol–water partition coefficient (Wildman–Crippen LogP) is 8.00. The molecule has 4 rings (SSSR count). The van der Waals surface area contributed by atoms with Crippen molar-refractivity contribution in [3.8, 4) is 0 Å². The number of carbonyl (C=O) groups is 3. The maximum atomic E-state index is 13.8. The first-order valence-corrected chi connectivity index (χ1v) is 18.3. The minimum atomic E-state index is -0.882. The number of nitrogens with zero attached hydrogens (tertiary/aromatic N) is 1. The summed E-state index contributed by atoms with van der Waals surface area (Å²) in [6.45, 7) is 19.7. The lowest BCUT2D eigenvalue weighted by Gasteiger charge is -2.69. The fraction of sp³-hybridized carbons (Fsp3) is 0.921. The third kappa shape index (κ3) is 7.14. The van der Waals surface area contributed by atoms with Crippen LogP contribution in [-0.2, 0) is 23.9 Å². The number of ether oxygens (including phenoxy) is 2. The van der Waals surface area contributed by atoms with E-state index in [0.717, 1.165) is 44.9 Å². The molecule has 4 fully saturated rings. The van der Waals surface area contributed by atoms with Crippen molar-refractivity contribution in [2.45, 2.75) is 139 Å². The van der Waals surface area contributed by atoms with Crippen molar-refractivity contribution >= 4 is 17.8 Å². The number of carboxylic acids is 1. The van der Waals surface area contributed by atoms with Gasteiger partial charge in [0.25, 0.3) is 0 Å². The quantitative estimate of drug-likeness (QED) is 0.173. The second-order valence-corrected chi connectivity index (χ2v) is 17.3. The van der Waals surface area contributed by atoms with Gasteiger partial charge in [0.05, 0.1) is 19.4 Å². The minimum absolute atomic E-state index is 0.0437. The topological polar surface area (TPSA) is 93.1 Å². The first-order chi connectivity index (χ1) is 21.0. The monoisotopic (exact) mass is 631 g/mol. The van der Waals surface area contributed by atoms with E-state index in [4.69, 9.17) is 9.47 Å². The van der Waals surface area contributed by atoms with Gasteiger partial charge in [0, 0.05) is 31.5 Å². The second-order valence-electron chi connectivity index (χ2n) is 17.3. The fourth-order valence-electron chi connectivity index (χ4n) is 11.7. The molecule has 0 radical (unpaired) electrons. The van der Waals surface area contributed by atoms with Crippen molar-refractivity contribution in [2.75, 3.05) is 26.8 Å². The summed E-state index contributed by atoms with van der Waals surface area (Å²) in [6, 6.07) is 0. The molecule has 7 heteroatoms. The molecule has 0 saturated heterocycles. The van der Waals surface area contributed by atoms with Crippen LogP contribution in [0.25, 0.3) is 0 Å². The molecule has 0 aromatic rings. The van der Waals surface area contributed by atoms with Crippen LogP contribution in [0.4, 0.5) is 0 Å². The van der Waals surface area contributed by atoms with Crippen LogP contribution in [0.1, 0.15) is 132 Å². The lowest BCUT2D eigenvalue weighted by molar-refractivity contribution is -0.220. The molecule has 0 aromatic carbocycles. The highest BCUT2D eigenvalue weighted by Crippen LogP contribution is 2.71. The lowest BCUT2D eigenvalue weighted by Crippen LogP contribution is -2.63. The maximum Gasteiger partial charge on any atom is 0.306 e. The van der Waals surface area contributed by atoms with Crippen molar-refractivity contribution in [3.63, 3.8) is 0 Å². The van der Waals surface area contributed by atoms with Crippen molar-refractivity contribution in [1.82, 2.24) is 4.90 Å². The van der Waals surface area contributed by atoms with E-state index in [-0.39, 0.29) is 47.1 Å². The molecule has 4 aliphatic carbocycles. The zero-order valence-electron chi connectivity index (χ0n) is 30.1. The average Bonchev–Trinajstić information content (AvgIpc) is 2.93. The van der Waals surface area contributed by atoms with Crippen molar-refractivity contribution < 1.29 is 29.0 Å². The van der Waals surface area contributed by atoms with E-state index in [1.165, 1.54) is 19.3 Å². The Morgan fingerprint density at radius 3 is 2.22 bits per heavy atom. The van der Waals surface area contributed by atoms with Gasteiger partial charge in [-0.3, -0.25) is 14.4 Å². The van der Waals surface area contributed by atoms with Gasteiger partial charge in [-0.2, -0.15) is 0 Å². The van der Waals surface area contributed by atoms with E-state index in [1.54, 1.807) is 0 Å². The fourth-order valence-corrected chi connectivity index (χ4v) is 11.7. The van der Waals surface area contributed by atoms with Crippen LogP contribution in [0.5, 0.6) is 0 Å². The first kappa shape index (κ1) is 36.2. The largest absolute Gasteiger partial charge is 0.481 e. The third-order valence-corrected chi connectivity index (χ3v) is 13.7. The molecule has 4 saturated carbocycles. The molecule has 45 heavy (non-hydrogen) atoms. The van der Waals surface area contributed by atoms with E-state index >= 15 is 0 Å². The number of hydrogen-bond donors (Lipinski definition) is 1. The Balaban J connectivity index is 1.49. The standard InChI is InChI=1S/C38H65NO6/c1-10-12-25-26-14-16-30-37(7,28(26)15-13-27(25)34(43)39(9)21-22-44-11-2)19-17-29-36(5,6)31(18-20-38(29,30)8)45-33(42)24-35(3,4)23-32(40)41/h25-31H,10-24H2,1-9H3,(H,40,41)/t25?,26-,27+,28?,29?,30?,31+,37?,38+/m1/s1. The Bertz CT molecular complexity index is 1070. The van der Waals surface area contributed by atoms with Gasteiger partial charge in [0.2, 0.25) is 5.91 Å². The summed E-state index contributed by atoms with van der Waals surface area (Å²) in [6.07, 6.45) is 11.1. The smallest absolute Gasteiger partial charge is 0.306 e. The molecule has 1 amide bonds. The maximum absolute atomic E-state index is 13.8. The summed E-state index contributed by atoms with van der Waals surface area (Å²) in [7, 11) is 1.96. The predicted molar refractivity (Wildman–Crippen MR) is 177 cm³/mol. The number of rotatable bonds is 12. The van der Waals surface area contributed by atoms with Crippen LogP contribution in [0.2, 0.25) is 0 Å². The number of esters is 1. The average molecular weight is 632 g/mol. The number of carbonyl (C=O) groups excluding carboxylic acids is 2. The number of aliphatic carboxylic acids is 1. The third-order valence-electron chi connectivity index (χ3n) is 13.7. The van der Waals surface area contributed by atoms with Gasteiger partial charge in [-0.05, 0) is 111 Å². The summed E-state index contributed by atoms with van der Waals surface area (Å²) in [5.74, 6) is 2.18. The Kier molecular flexibility index (Phi) is 11.1.